The number of nitrogens with two attached hydrogens (primary N) is 1. The Hall–Kier alpha value is -1.98. The molecule has 2 rings (SSSR count). The third kappa shape index (κ3) is 4.00. The average Bonchev–Trinajstić information content (AvgIpc) is 3.18. The van der Waals surface area contributed by atoms with E-state index >= 15 is 0 Å². The molecule has 1 amide bonds. The smallest absolute Gasteiger partial charge is 0.355 e. The maximum absolute atomic E-state index is 12.1. The number of nitrogens with zero attached hydrogens (tertiary/aromatic N) is 1. The Bertz CT molecular complexity index is 532. The van der Waals surface area contributed by atoms with Gasteiger partial charge in [-0.05, 0) is 31.7 Å². The van der Waals surface area contributed by atoms with Crippen LogP contribution < -0.4 is 11.1 Å². The predicted octanol–water partition coefficient (Wildman–Crippen LogP) is 1.72. The van der Waals surface area contributed by atoms with Crippen molar-refractivity contribution in [1.82, 2.24) is 9.88 Å². The number of carbonyl (C=O) groups excluding carboxylic acids is 2. The van der Waals surface area contributed by atoms with Crippen molar-refractivity contribution in [2.45, 2.75) is 45.7 Å². The van der Waals surface area contributed by atoms with E-state index in [1.165, 1.54) is 0 Å². The van der Waals surface area contributed by atoms with Gasteiger partial charge in [0.05, 0.1) is 5.69 Å². The minimum Gasteiger partial charge on any atom is -0.451 e. The maximum Gasteiger partial charge on any atom is 0.355 e. The third-order valence-corrected chi connectivity index (χ3v) is 3.74. The number of nitrogen functional groups attached to an aromatic ring is 1. The minimum atomic E-state index is -0.508. The lowest BCUT2D eigenvalue weighted by atomic mass is 10.1. The lowest BCUT2D eigenvalue weighted by Gasteiger charge is -2.17. The molecule has 1 aliphatic carbocycles. The monoisotopic (exact) mass is 293 g/mol. The summed E-state index contributed by atoms with van der Waals surface area (Å²) in [6, 6.07) is 1.97. The molecule has 21 heavy (non-hydrogen) atoms. The number of anilines is 1. The zero-order valence-corrected chi connectivity index (χ0v) is 12.8. The van der Waals surface area contributed by atoms with Gasteiger partial charge in [-0.3, -0.25) is 4.79 Å². The Morgan fingerprint density at radius 3 is 2.67 bits per heavy atom. The Labute approximate surface area is 124 Å². The highest BCUT2D eigenvalue weighted by atomic mass is 16.5. The van der Waals surface area contributed by atoms with E-state index in [9.17, 15) is 9.59 Å². The highest BCUT2D eigenvalue weighted by Crippen LogP contribution is 2.37. The van der Waals surface area contributed by atoms with E-state index in [4.69, 9.17) is 10.5 Å². The van der Waals surface area contributed by atoms with Gasteiger partial charge in [0, 0.05) is 18.3 Å². The zero-order valence-electron chi connectivity index (χ0n) is 12.8. The molecule has 6 heteroatoms. The molecule has 0 bridgehead atoms. The van der Waals surface area contributed by atoms with E-state index in [1.807, 2.05) is 25.3 Å². The summed E-state index contributed by atoms with van der Waals surface area (Å²) in [5, 5.41) is 2.79. The van der Waals surface area contributed by atoms with Crippen molar-refractivity contribution in [3.63, 3.8) is 0 Å². The molecule has 116 valence electrons. The zero-order chi connectivity index (χ0) is 15.6. The van der Waals surface area contributed by atoms with Gasteiger partial charge in [0.15, 0.2) is 6.61 Å². The Morgan fingerprint density at radius 1 is 1.43 bits per heavy atom. The first kappa shape index (κ1) is 15.4. The topological polar surface area (TPSA) is 86.3 Å². The van der Waals surface area contributed by atoms with Crippen LogP contribution in [0.1, 0.15) is 50.1 Å². The van der Waals surface area contributed by atoms with Crippen molar-refractivity contribution in [3.05, 3.63) is 18.0 Å². The number of ether oxygens (including phenoxy) is 1. The Balaban J connectivity index is 1.89. The molecule has 1 saturated carbocycles. The Kier molecular flexibility index (Phi) is 4.55. The normalized spacial score (nSPS) is 15.8. The second-order valence-electron chi connectivity index (χ2n) is 5.97. The van der Waals surface area contributed by atoms with Crippen LogP contribution in [0, 0.1) is 5.92 Å². The van der Waals surface area contributed by atoms with Crippen LogP contribution in [-0.2, 0) is 9.53 Å². The van der Waals surface area contributed by atoms with Crippen LogP contribution in [0.3, 0.4) is 0 Å². The fourth-order valence-electron chi connectivity index (χ4n) is 1.99. The SMILES string of the molecule is CC(C)C(C)NC(=O)COC(=O)c1cc(N)cn1C1CC1. The van der Waals surface area contributed by atoms with Gasteiger partial charge in [-0.2, -0.15) is 0 Å². The van der Waals surface area contributed by atoms with Gasteiger partial charge in [-0.15, -0.1) is 0 Å². The molecule has 0 aliphatic heterocycles. The minimum absolute atomic E-state index is 0.0437. The summed E-state index contributed by atoms with van der Waals surface area (Å²) in [6.07, 6.45) is 3.83. The first-order valence-electron chi connectivity index (χ1n) is 7.32. The standard InChI is InChI=1S/C15H23N3O3/c1-9(2)10(3)17-14(19)8-21-15(20)13-6-11(16)7-18(13)12-4-5-12/h6-7,9-10,12H,4-5,8,16H2,1-3H3,(H,17,19). The molecule has 0 aromatic carbocycles. The molecule has 6 nitrogen and oxygen atoms in total. The summed E-state index contributed by atoms with van der Waals surface area (Å²) in [7, 11) is 0. The molecule has 1 heterocycles. The lowest BCUT2D eigenvalue weighted by molar-refractivity contribution is -0.125. The number of esters is 1. The average molecular weight is 293 g/mol. The second-order valence-corrected chi connectivity index (χ2v) is 5.97. The number of amides is 1. The van der Waals surface area contributed by atoms with Crippen molar-refractivity contribution >= 4 is 17.6 Å². The van der Waals surface area contributed by atoms with E-state index < -0.39 is 5.97 Å². The first-order chi connectivity index (χ1) is 9.88. The van der Waals surface area contributed by atoms with E-state index in [1.54, 1.807) is 12.3 Å². The maximum atomic E-state index is 12.1. The van der Waals surface area contributed by atoms with Crippen molar-refractivity contribution in [2.24, 2.45) is 5.92 Å². The molecular weight excluding hydrogens is 270 g/mol. The van der Waals surface area contributed by atoms with Gasteiger partial charge in [0.2, 0.25) is 0 Å². The number of carbonyl (C=O) groups is 2. The highest BCUT2D eigenvalue weighted by molar-refractivity contribution is 5.91. The molecule has 1 unspecified atom stereocenters. The molecular formula is C15H23N3O3. The number of rotatable bonds is 6. The highest BCUT2D eigenvalue weighted by Gasteiger charge is 2.28. The number of hydrogen-bond donors (Lipinski definition) is 2. The van der Waals surface area contributed by atoms with E-state index in [2.05, 4.69) is 5.32 Å². The van der Waals surface area contributed by atoms with Crippen molar-refractivity contribution in [1.29, 1.82) is 0 Å². The number of aromatic nitrogens is 1. The van der Waals surface area contributed by atoms with Crippen LogP contribution in [-0.4, -0.2) is 29.1 Å². The van der Waals surface area contributed by atoms with Crippen LogP contribution in [0.25, 0.3) is 0 Å². The first-order valence-corrected chi connectivity index (χ1v) is 7.32. The summed E-state index contributed by atoms with van der Waals surface area (Å²) in [5.74, 6) is -0.468. The quantitative estimate of drug-likeness (QED) is 0.782. The largest absolute Gasteiger partial charge is 0.451 e. The predicted molar refractivity (Wildman–Crippen MR) is 79.8 cm³/mol. The summed E-state index contributed by atoms with van der Waals surface area (Å²) in [6.45, 7) is 5.68. The van der Waals surface area contributed by atoms with Gasteiger partial charge < -0.3 is 20.4 Å². The summed E-state index contributed by atoms with van der Waals surface area (Å²) < 4.78 is 6.91. The molecule has 1 fully saturated rings. The molecule has 0 radical (unpaired) electrons. The van der Waals surface area contributed by atoms with Gasteiger partial charge in [-0.25, -0.2) is 4.79 Å². The number of nitrogens with one attached hydrogen (secondary N) is 1. The van der Waals surface area contributed by atoms with Crippen LogP contribution >= 0.6 is 0 Å². The van der Waals surface area contributed by atoms with Gasteiger partial charge in [0.1, 0.15) is 5.69 Å². The second kappa shape index (κ2) is 6.20. The molecule has 1 atom stereocenters. The molecule has 1 aromatic heterocycles. The lowest BCUT2D eigenvalue weighted by Crippen LogP contribution is -2.38. The fraction of sp³-hybridized carbons (Fsp3) is 0.600. The van der Waals surface area contributed by atoms with Crippen LogP contribution in [0.4, 0.5) is 5.69 Å². The van der Waals surface area contributed by atoms with Crippen molar-refractivity contribution in [3.8, 4) is 0 Å². The van der Waals surface area contributed by atoms with E-state index in [-0.39, 0.29) is 18.6 Å². The fourth-order valence-corrected chi connectivity index (χ4v) is 1.99. The Morgan fingerprint density at radius 2 is 2.10 bits per heavy atom. The molecule has 3 N–H and O–H groups in total. The van der Waals surface area contributed by atoms with E-state index in [0.29, 0.717) is 23.3 Å². The molecule has 1 aliphatic rings. The van der Waals surface area contributed by atoms with Gasteiger partial charge in [-0.1, -0.05) is 13.8 Å². The summed E-state index contributed by atoms with van der Waals surface area (Å²) >= 11 is 0. The molecule has 1 aromatic rings. The van der Waals surface area contributed by atoms with E-state index in [0.717, 1.165) is 12.8 Å². The van der Waals surface area contributed by atoms with Crippen LogP contribution in [0.5, 0.6) is 0 Å². The molecule has 0 spiro atoms. The summed E-state index contributed by atoms with van der Waals surface area (Å²) in [4.78, 5) is 23.8. The summed E-state index contributed by atoms with van der Waals surface area (Å²) in [5.41, 5.74) is 6.68. The van der Waals surface area contributed by atoms with Crippen LogP contribution in [0.15, 0.2) is 12.3 Å². The van der Waals surface area contributed by atoms with Crippen LogP contribution in [0.2, 0.25) is 0 Å². The van der Waals surface area contributed by atoms with Crippen molar-refractivity contribution in [2.75, 3.05) is 12.3 Å². The van der Waals surface area contributed by atoms with Crippen molar-refractivity contribution < 1.29 is 14.3 Å². The van der Waals surface area contributed by atoms with Gasteiger partial charge in [0.25, 0.3) is 5.91 Å². The molecule has 0 saturated heterocycles. The third-order valence-electron chi connectivity index (χ3n) is 3.74. The van der Waals surface area contributed by atoms with Gasteiger partial charge >= 0.3 is 5.97 Å². The number of hydrogen-bond acceptors (Lipinski definition) is 4.